The molecule has 0 heterocycles. The first-order valence-electron chi connectivity index (χ1n) is 6.23. The first-order chi connectivity index (χ1) is 10.0. The quantitative estimate of drug-likeness (QED) is 0.766. The van der Waals surface area contributed by atoms with Crippen LogP contribution in [0, 0.1) is 0 Å². The Morgan fingerprint density at radius 1 is 1.10 bits per heavy atom. The van der Waals surface area contributed by atoms with Crippen molar-refractivity contribution in [1.29, 1.82) is 0 Å². The predicted molar refractivity (Wildman–Crippen MR) is 82.8 cm³/mol. The summed E-state index contributed by atoms with van der Waals surface area (Å²) in [5.41, 5.74) is 2.04. The fourth-order valence-electron chi connectivity index (χ4n) is 1.81. The van der Waals surface area contributed by atoms with Gasteiger partial charge in [0.15, 0.2) is 0 Å². The smallest absolute Gasteiger partial charge is 0.387 e. The maximum Gasteiger partial charge on any atom is 0.387 e. The van der Waals surface area contributed by atoms with Crippen LogP contribution < -0.4 is 10.1 Å². The highest BCUT2D eigenvalue weighted by molar-refractivity contribution is 9.10. The highest BCUT2D eigenvalue weighted by atomic mass is 79.9. The minimum absolute atomic E-state index is 0.159. The largest absolute Gasteiger partial charge is 0.435 e. The summed E-state index contributed by atoms with van der Waals surface area (Å²) < 4.78 is 29.3. The van der Waals surface area contributed by atoms with Crippen molar-refractivity contribution in [3.05, 3.63) is 63.1 Å². The summed E-state index contributed by atoms with van der Waals surface area (Å²) in [6.45, 7) is -1.53. The highest BCUT2D eigenvalue weighted by Crippen LogP contribution is 2.21. The molecule has 2 nitrogen and oxygen atoms in total. The molecule has 0 atom stereocenters. The summed E-state index contributed by atoms with van der Waals surface area (Å²) in [5, 5.41) is 3.95. The van der Waals surface area contributed by atoms with Crippen molar-refractivity contribution < 1.29 is 13.5 Å². The fraction of sp³-hybridized carbons (Fsp3) is 0.200. The molecular weight excluding hydrogens is 364 g/mol. The van der Waals surface area contributed by atoms with Gasteiger partial charge in [0.05, 0.1) is 0 Å². The molecular formula is C15H13BrClF2NO. The lowest BCUT2D eigenvalue weighted by Crippen LogP contribution is -2.13. The van der Waals surface area contributed by atoms with E-state index in [0.29, 0.717) is 18.1 Å². The molecule has 2 rings (SSSR count). The number of hydrogen-bond donors (Lipinski definition) is 1. The van der Waals surface area contributed by atoms with Crippen LogP contribution in [0.4, 0.5) is 8.78 Å². The van der Waals surface area contributed by atoms with Crippen molar-refractivity contribution in [3.63, 3.8) is 0 Å². The standard InChI is InChI=1S/C15H13BrClF2NO/c16-14-6-3-12(17)7-11(14)9-20-8-10-1-4-13(5-2-10)21-15(18)19/h1-7,15,20H,8-9H2. The molecule has 0 saturated heterocycles. The molecule has 0 saturated carbocycles. The van der Waals surface area contributed by atoms with Crippen LogP contribution in [-0.2, 0) is 13.1 Å². The normalized spacial score (nSPS) is 10.9. The van der Waals surface area contributed by atoms with Crippen molar-refractivity contribution in [2.75, 3.05) is 0 Å². The van der Waals surface area contributed by atoms with E-state index in [4.69, 9.17) is 11.6 Å². The molecule has 1 N–H and O–H groups in total. The topological polar surface area (TPSA) is 21.3 Å². The van der Waals surface area contributed by atoms with Gasteiger partial charge in [0.1, 0.15) is 5.75 Å². The van der Waals surface area contributed by atoms with Gasteiger partial charge in [0.2, 0.25) is 0 Å². The van der Waals surface area contributed by atoms with Crippen molar-refractivity contribution in [1.82, 2.24) is 5.32 Å². The van der Waals surface area contributed by atoms with Crippen LogP contribution in [0.25, 0.3) is 0 Å². The Morgan fingerprint density at radius 3 is 2.48 bits per heavy atom. The fourth-order valence-corrected chi connectivity index (χ4v) is 2.39. The molecule has 2 aromatic carbocycles. The average molecular weight is 377 g/mol. The second kappa shape index (κ2) is 7.73. The zero-order valence-electron chi connectivity index (χ0n) is 11.0. The molecule has 0 radical (unpaired) electrons. The highest BCUT2D eigenvalue weighted by Gasteiger charge is 2.04. The molecule has 0 aliphatic heterocycles. The zero-order valence-corrected chi connectivity index (χ0v) is 13.3. The Labute approximate surface area is 135 Å². The molecule has 0 bridgehead atoms. The van der Waals surface area contributed by atoms with Crippen molar-refractivity contribution in [3.8, 4) is 5.75 Å². The monoisotopic (exact) mass is 375 g/mol. The molecule has 0 spiro atoms. The van der Waals surface area contributed by atoms with Gasteiger partial charge in [-0.25, -0.2) is 0 Å². The van der Waals surface area contributed by atoms with Crippen LogP contribution in [0.5, 0.6) is 5.75 Å². The van der Waals surface area contributed by atoms with Gasteiger partial charge in [-0.1, -0.05) is 39.7 Å². The molecule has 0 aromatic heterocycles. The van der Waals surface area contributed by atoms with Crippen LogP contribution in [-0.4, -0.2) is 6.61 Å². The van der Waals surface area contributed by atoms with E-state index in [1.54, 1.807) is 12.1 Å². The zero-order chi connectivity index (χ0) is 15.2. The molecule has 0 amide bonds. The lowest BCUT2D eigenvalue weighted by atomic mass is 10.2. The number of nitrogens with one attached hydrogen (secondary N) is 1. The van der Waals surface area contributed by atoms with E-state index in [9.17, 15) is 8.78 Å². The summed E-state index contributed by atoms with van der Waals surface area (Å²) in [6, 6.07) is 12.2. The molecule has 0 fully saturated rings. The van der Waals surface area contributed by atoms with Gasteiger partial charge >= 0.3 is 6.61 Å². The Balaban J connectivity index is 1.87. The molecule has 0 aliphatic carbocycles. The summed E-state index contributed by atoms with van der Waals surface area (Å²) in [4.78, 5) is 0. The Bertz CT molecular complexity index is 593. The van der Waals surface area contributed by atoms with E-state index in [-0.39, 0.29) is 5.75 Å². The van der Waals surface area contributed by atoms with Gasteiger partial charge in [-0.2, -0.15) is 8.78 Å². The third kappa shape index (κ3) is 5.26. The average Bonchev–Trinajstić information content (AvgIpc) is 2.44. The number of ether oxygens (including phenoxy) is 1. The van der Waals surface area contributed by atoms with E-state index < -0.39 is 6.61 Å². The van der Waals surface area contributed by atoms with Gasteiger partial charge in [-0.3, -0.25) is 0 Å². The number of alkyl halides is 2. The molecule has 112 valence electrons. The van der Waals surface area contributed by atoms with Crippen molar-refractivity contribution in [2.45, 2.75) is 19.7 Å². The van der Waals surface area contributed by atoms with Crippen LogP contribution in [0.2, 0.25) is 5.02 Å². The third-order valence-corrected chi connectivity index (χ3v) is 3.81. The van der Waals surface area contributed by atoms with E-state index >= 15 is 0 Å². The predicted octanol–water partition coefficient (Wildman–Crippen LogP) is 4.99. The number of hydrogen-bond acceptors (Lipinski definition) is 2. The minimum Gasteiger partial charge on any atom is -0.435 e. The summed E-state index contributed by atoms with van der Waals surface area (Å²) in [7, 11) is 0. The lowest BCUT2D eigenvalue weighted by molar-refractivity contribution is -0.0498. The molecule has 21 heavy (non-hydrogen) atoms. The maximum atomic E-state index is 12.0. The Hall–Kier alpha value is -1.17. The summed E-state index contributed by atoms with van der Waals surface area (Å²) in [5.74, 6) is 0.159. The van der Waals surface area contributed by atoms with Crippen molar-refractivity contribution in [2.24, 2.45) is 0 Å². The van der Waals surface area contributed by atoms with E-state index in [2.05, 4.69) is 26.0 Å². The molecule has 6 heteroatoms. The van der Waals surface area contributed by atoms with Gasteiger partial charge in [-0.15, -0.1) is 0 Å². The number of halogens is 4. The van der Waals surface area contributed by atoms with Gasteiger partial charge < -0.3 is 10.1 Å². The lowest BCUT2D eigenvalue weighted by Gasteiger charge is -2.09. The number of benzene rings is 2. The third-order valence-electron chi connectivity index (χ3n) is 2.80. The van der Waals surface area contributed by atoms with Gasteiger partial charge in [-0.05, 0) is 41.5 Å². The second-order valence-electron chi connectivity index (χ2n) is 4.36. The van der Waals surface area contributed by atoms with Crippen LogP contribution in [0.1, 0.15) is 11.1 Å². The second-order valence-corrected chi connectivity index (χ2v) is 5.65. The van der Waals surface area contributed by atoms with Crippen LogP contribution in [0.3, 0.4) is 0 Å². The Kier molecular flexibility index (Phi) is 5.96. The van der Waals surface area contributed by atoms with Gasteiger partial charge in [0.25, 0.3) is 0 Å². The number of rotatable bonds is 6. The maximum absolute atomic E-state index is 12.0. The van der Waals surface area contributed by atoms with E-state index in [0.717, 1.165) is 15.6 Å². The van der Waals surface area contributed by atoms with Crippen LogP contribution in [0.15, 0.2) is 46.9 Å². The van der Waals surface area contributed by atoms with Gasteiger partial charge in [0, 0.05) is 22.6 Å². The summed E-state index contributed by atoms with van der Waals surface area (Å²) in [6.07, 6.45) is 0. The van der Waals surface area contributed by atoms with E-state index in [1.807, 2.05) is 18.2 Å². The molecule has 2 aromatic rings. The first kappa shape index (κ1) is 16.2. The molecule has 0 aliphatic rings. The molecule has 0 unspecified atom stereocenters. The SMILES string of the molecule is FC(F)Oc1ccc(CNCc2cc(Cl)ccc2Br)cc1. The first-order valence-corrected chi connectivity index (χ1v) is 7.40. The summed E-state index contributed by atoms with van der Waals surface area (Å²) >= 11 is 9.41. The minimum atomic E-state index is -2.80. The Morgan fingerprint density at radius 2 is 1.81 bits per heavy atom. The van der Waals surface area contributed by atoms with Crippen LogP contribution >= 0.6 is 27.5 Å². The van der Waals surface area contributed by atoms with Crippen molar-refractivity contribution >= 4 is 27.5 Å². The van der Waals surface area contributed by atoms with E-state index in [1.165, 1.54) is 12.1 Å².